The molecule has 0 amide bonds. The second-order valence-electron chi connectivity index (χ2n) is 4.45. The summed E-state index contributed by atoms with van der Waals surface area (Å²) in [7, 11) is 2.10. The van der Waals surface area contributed by atoms with Gasteiger partial charge in [-0.3, -0.25) is 5.10 Å². The first-order valence-corrected chi connectivity index (χ1v) is 5.96. The highest BCUT2D eigenvalue weighted by molar-refractivity contribution is 5.62. The Hall–Kier alpha value is -1.23. The third-order valence-corrected chi connectivity index (χ3v) is 3.58. The van der Waals surface area contributed by atoms with E-state index in [1.54, 1.807) is 0 Å². The second-order valence-corrected chi connectivity index (χ2v) is 4.45. The summed E-state index contributed by atoms with van der Waals surface area (Å²) in [6.07, 6.45) is 4.21. The summed E-state index contributed by atoms with van der Waals surface area (Å²) in [5, 5.41) is 6.75. The van der Waals surface area contributed by atoms with Crippen molar-refractivity contribution in [3.05, 3.63) is 6.20 Å². The van der Waals surface area contributed by atoms with Gasteiger partial charge in [0.05, 0.1) is 11.9 Å². The molecule has 0 saturated carbocycles. The van der Waals surface area contributed by atoms with Gasteiger partial charge in [0.15, 0.2) is 0 Å². The number of nitrogen functional groups attached to an aromatic ring is 1. The minimum absolute atomic E-state index is 0.586. The number of rotatable bonds is 3. The zero-order valence-corrected chi connectivity index (χ0v) is 10.1. The summed E-state index contributed by atoms with van der Waals surface area (Å²) in [4.78, 5) is 4.74. The third kappa shape index (κ3) is 2.14. The third-order valence-electron chi connectivity index (χ3n) is 3.58. The molecule has 0 bridgehead atoms. The first-order valence-electron chi connectivity index (χ1n) is 5.96. The Labute approximate surface area is 96.6 Å². The summed E-state index contributed by atoms with van der Waals surface area (Å²) >= 11 is 0. The van der Waals surface area contributed by atoms with Crippen molar-refractivity contribution in [2.45, 2.75) is 25.8 Å². The number of nitrogens with zero attached hydrogens (tertiary/aromatic N) is 3. The predicted octanol–water partition coefficient (Wildman–Crippen LogP) is 0.912. The highest BCUT2D eigenvalue weighted by atomic mass is 15.2. The lowest BCUT2D eigenvalue weighted by atomic mass is 10.0. The van der Waals surface area contributed by atoms with E-state index in [4.69, 9.17) is 5.73 Å². The summed E-state index contributed by atoms with van der Waals surface area (Å²) in [6, 6.07) is 0.586. The van der Waals surface area contributed by atoms with Crippen LogP contribution in [-0.2, 0) is 0 Å². The van der Waals surface area contributed by atoms with Crippen LogP contribution in [0.4, 0.5) is 11.5 Å². The molecule has 1 aromatic heterocycles. The predicted molar refractivity (Wildman–Crippen MR) is 66.5 cm³/mol. The van der Waals surface area contributed by atoms with E-state index in [0.29, 0.717) is 11.9 Å². The molecule has 0 unspecified atom stereocenters. The van der Waals surface area contributed by atoms with Crippen LogP contribution in [0.5, 0.6) is 0 Å². The van der Waals surface area contributed by atoms with Crippen molar-refractivity contribution in [3.63, 3.8) is 0 Å². The number of piperidine rings is 1. The molecule has 16 heavy (non-hydrogen) atoms. The minimum atomic E-state index is 0.586. The lowest BCUT2D eigenvalue weighted by molar-refractivity contribution is 0.221. The monoisotopic (exact) mass is 223 g/mol. The SMILES string of the molecule is CCN1CCC(N(C)c2cn[nH]c2N)CC1. The quantitative estimate of drug-likeness (QED) is 0.799. The van der Waals surface area contributed by atoms with Crippen LogP contribution in [-0.4, -0.2) is 47.8 Å². The van der Waals surface area contributed by atoms with Gasteiger partial charge in [0, 0.05) is 26.2 Å². The maximum atomic E-state index is 5.83. The Morgan fingerprint density at radius 1 is 1.56 bits per heavy atom. The first-order chi connectivity index (χ1) is 7.72. The van der Waals surface area contributed by atoms with Gasteiger partial charge in [-0.2, -0.15) is 5.10 Å². The summed E-state index contributed by atoms with van der Waals surface area (Å²) in [5.74, 6) is 0.667. The molecule has 1 aliphatic rings. The molecule has 90 valence electrons. The molecule has 3 N–H and O–H groups in total. The normalized spacial score (nSPS) is 18.9. The van der Waals surface area contributed by atoms with Crippen molar-refractivity contribution < 1.29 is 0 Å². The fourth-order valence-corrected chi connectivity index (χ4v) is 2.39. The second kappa shape index (κ2) is 4.74. The van der Waals surface area contributed by atoms with Gasteiger partial charge < -0.3 is 15.5 Å². The number of nitrogens with two attached hydrogens (primary N) is 1. The zero-order valence-electron chi connectivity index (χ0n) is 10.1. The van der Waals surface area contributed by atoms with Crippen LogP contribution in [0.25, 0.3) is 0 Å². The van der Waals surface area contributed by atoms with E-state index in [1.165, 1.54) is 25.9 Å². The van der Waals surface area contributed by atoms with Gasteiger partial charge in [-0.25, -0.2) is 0 Å². The molecular formula is C11H21N5. The fraction of sp³-hybridized carbons (Fsp3) is 0.727. The molecule has 0 aromatic carbocycles. The molecular weight excluding hydrogens is 202 g/mol. The zero-order chi connectivity index (χ0) is 11.5. The highest BCUT2D eigenvalue weighted by Crippen LogP contribution is 2.25. The van der Waals surface area contributed by atoms with Crippen molar-refractivity contribution in [2.75, 3.05) is 37.3 Å². The number of likely N-dealkylation sites (tertiary alicyclic amines) is 1. The van der Waals surface area contributed by atoms with Gasteiger partial charge in [0.25, 0.3) is 0 Å². The van der Waals surface area contributed by atoms with Crippen LogP contribution >= 0.6 is 0 Å². The number of hydrogen-bond donors (Lipinski definition) is 2. The van der Waals surface area contributed by atoms with Crippen LogP contribution in [0.2, 0.25) is 0 Å². The standard InChI is InChI=1S/C11H21N5/c1-3-16-6-4-9(5-7-16)15(2)10-8-13-14-11(10)12/h8-9H,3-7H2,1-2H3,(H3,12,13,14). The topological polar surface area (TPSA) is 61.2 Å². The first kappa shape index (κ1) is 11.3. The molecule has 1 saturated heterocycles. The average molecular weight is 223 g/mol. The van der Waals surface area contributed by atoms with Crippen LogP contribution in [0.1, 0.15) is 19.8 Å². The van der Waals surface area contributed by atoms with E-state index < -0.39 is 0 Å². The van der Waals surface area contributed by atoms with Crippen LogP contribution in [0.3, 0.4) is 0 Å². The van der Waals surface area contributed by atoms with Crippen LogP contribution in [0.15, 0.2) is 6.20 Å². The molecule has 1 fully saturated rings. The number of nitrogens with one attached hydrogen (secondary N) is 1. The van der Waals surface area contributed by atoms with Crippen molar-refractivity contribution in [1.82, 2.24) is 15.1 Å². The van der Waals surface area contributed by atoms with Gasteiger partial charge in [0.1, 0.15) is 5.82 Å². The van der Waals surface area contributed by atoms with Crippen LogP contribution in [0, 0.1) is 0 Å². The van der Waals surface area contributed by atoms with Gasteiger partial charge in [0.2, 0.25) is 0 Å². The number of anilines is 2. The van der Waals surface area contributed by atoms with Gasteiger partial charge >= 0.3 is 0 Å². The van der Waals surface area contributed by atoms with E-state index >= 15 is 0 Å². The van der Waals surface area contributed by atoms with Gasteiger partial charge in [-0.1, -0.05) is 6.92 Å². The number of H-pyrrole nitrogens is 1. The van der Waals surface area contributed by atoms with Crippen molar-refractivity contribution in [1.29, 1.82) is 0 Å². The van der Waals surface area contributed by atoms with Crippen molar-refractivity contribution in [2.24, 2.45) is 0 Å². The van der Waals surface area contributed by atoms with Gasteiger partial charge in [-0.15, -0.1) is 0 Å². The summed E-state index contributed by atoms with van der Waals surface area (Å²) in [5.41, 5.74) is 6.85. The molecule has 1 aliphatic heterocycles. The Morgan fingerprint density at radius 3 is 2.75 bits per heavy atom. The molecule has 0 radical (unpaired) electrons. The smallest absolute Gasteiger partial charge is 0.142 e. The number of aromatic nitrogens is 2. The molecule has 0 spiro atoms. The maximum absolute atomic E-state index is 5.83. The molecule has 5 heteroatoms. The van der Waals surface area contributed by atoms with E-state index in [9.17, 15) is 0 Å². The largest absolute Gasteiger partial charge is 0.382 e. The molecule has 0 aliphatic carbocycles. The van der Waals surface area contributed by atoms with E-state index in [0.717, 1.165) is 12.2 Å². The van der Waals surface area contributed by atoms with E-state index in [1.807, 2.05) is 6.20 Å². The number of hydrogen-bond acceptors (Lipinski definition) is 4. The Bertz CT molecular complexity index is 327. The summed E-state index contributed by atoms with van der Waals surface area (Å²) in [6.45, 7) is 5.74. The molecule has 2 heterocycles. The van der Waals surface area contributed by atoms with Crippen LogP contribution < -0.4 is 10.6 Å². The number of aromatic amines is 1. The highest BCUT2D eigenvalue weighted by Gasteiger charge is 2.23. The molecule has 0 atom stereocenters. The molecule has 1 aromatic rings. The molecule has 2 rings (SSSR count). The van der Waals surface area contributed by atoms with E-state index in [2.05, 4.69) is 34.0 Å². The average Bonchev–Trinajstić information content (AvgIpc) is 2.75. The maximum Gasteiger partial charge on any atom is 0.142 e. The minimum Gasteiger partial charge on any atom is -0.382 e. The lowest BCUT2D eigenvalue weighted by Gasteiger charge is -2.36. The van der Waals surface area contributed by atoms with Crippen molar-refractivity contribution >= 4 is 11.5 Å². The van der Waals surface area contributed by atoms with Gasteiger partial charge in [-0.05, 0) is 19.4 Å². The Kier molecular flexibility index (Phi) is 3.33. The Morgan fingerprint density at radius 2 is 2.25 bits per heavy atom. The Balaban J connectivity index is 1.97. The fourth-order valence-electron chi connectivity index (χ4n) is 2.39. The van der Waals surface area contributed by atoms with E-state index in [-0.39, 0.29) is 0 Å². The van der Waals surface area contributed by atoms with Crippen molar-refractivity contribution in [3.8, 4) is 0 Å². The molecule has 5 nitrogen and oxygen atoms in total. The lowest BCUT2D eigenvalue weighted by Crippen LogP contribution is -2.43. The summed E-state index contributed by atoms with van der Waals surface area (Å²) < 4.78 is 0.